The molecule has 0 aliphatic carbocycles. The van der Waals surface area contributed by atoms with Gasteiger partial charge in [-0.3, -0.25) is 13.9 Å². The number of carbonyl (C=O) groups excluding carboxylic acids is 1. The van der Waals surface area contributed by atoms with Gasteiger partial charge in [0.2, 0.25) is 0 Å². The maximum Gasteiger partial charge on any atom is 0.258 e. The number of carbonyl (C=O) groups is 1. The van der Waals surface area contributed by atoms with Gasteiger partial charge in [0.05, 0.1) is 11.3 Å². The fraction of sp³-hybridized carbons (Fsp3) is 0.304. The number of rotatable bonds is 5. The highest BCUT2D eigenvalue weighted by atomic mass is 32.3. The minimum absolute atomic E-state index is 0.0261. The summed E-state index contributed by atoms with van der Waals surface area (Å²) in [7, 11) is -2.45. The monoisotopic (exact) mass is 439 g/mol. The van der Waals surface area contributed by atoms with Crippen LogP contribution in [0.15, 0.2) is 60.9 Å². The zero-order chi connectivity index (χ0) is 21.4. The number of hydrogen-bond donors (Lipinski definition) is 2. The third kappa shape index (κ3) is 4.19. The van der Waals surface area contributed by atoms with Crippen molar-refractivity contribution in [2.75, 3.05) is 11.5 Å². The summed E-state index contributed by atoms with van der Waals surface area (Å²) < 4.78 is 27.6. The van der Waals surface area contributed by atoms with Crippen molar-refractivity contribution in [3.63, 3.8) is 0 Å². The van der Waals surface area contributed by atoms with Gasteiger partial charge < -0.3 is 9.64 Å². The Morgan fingerprint density at radius 1 is 1.06 bits per heavy atom. The van der Waals surface area contributed by atoms with Gasteiger partial charge in [0.15, 0.2) is 0 Å². The zero-order valence-corrected chi connectivity index (χ0v) is 17.9. The van der Waals surface area contributed by atoms with Crippen LogP contribution in [0.3, 0.4) is 0 Å². The van der Waals surface area contributed by atoms with Gasteiger partial charge in [0.25, 0.3) is 5.91 Å². The Hall–Kier alpha value is -2.81. The molecule has 2 aromatic carbocycles. The molecule has 0 bridgehead atoms. The fourth-order valence-electron chi connectivity index (χ4n) is 4.19. The molecule has 0 saturated carbocycles. The smallest absolute Gasteiger partial charge is 0.258 e. The van der Waals surface area contributed by atoms with Gasteiger partial charge in [-0.1, -0.05) is 24.3 Å². The molecule has 1 fully saturated rings. The molecule has 1 amide bonds. The third-order valence-corrected chi connectivity index (χ3v) is 7.66. The van der Waals surface area contributed by atoms with Crippen LogP contribution in [0.1, 0.15) is 34.3 Å². The van der Waals surface area contributed by atoms with E-state index in [1.807, 2.05) is 59.6 Å². The molecule has 3 aromatic rings. The topological polar surface area (TPSA) is 87.8 Å². The Balaban J connectivity index is 1.28. The first-order valence-corrected chi connectivity index (χ1v) is 12.3. The Kier molecular flexibility index (Phi) is 5.21. The highest BCUT2D eigenvalue weighted by molar-refractivity contribution is 8.24. The van der Waals surface area contributed by atoms with Gasteiger partial charge >= 0.3 is 0 Å². The summed E-state index contributed by atoms with van der Waals surface area (Å²) in [4.78, 5) is 15.0. The number of benzene rings is 2. The molecule has 8 heteroatoms. The maximum atomic E-state index is 13.2. The molecular weight excluding hydrogens is 414 g/mol. The van der Waals surface area contributed by atoms with E-state index in [-0.39, 0.29) is 12.0 Å². The molecule has 2 aliphatic rings. The molecule has 0 atom stereocenters. The minimum Gasteiger partial charge on any atom is -0.489 e. The van der Waals surface area contributed by atoms with E-state index in [0.29, 0.717) is 48.7 Å². The van der Waals surface area contributed by atoms with E-state index < -0.39 is 10.6 Å². The quantitative estimate of drug-likeness (QED) is 0.618. The van der Waals surface area contributed by atoms with E-state index in [1.54, 1.807) is 10.9 Å². The SMILES string of the molecule is O=C1c2c(cccc2OC2CCS(O)(O)CC2)CN1Cc1ccc(-n2cccn2)cc1. The summed E-state index contributed by atoms with van der Waals surface area (Å²) in [5.41, 5.74) is 3.63. The van der Waals surface area contributed by atoms with Crippen LogP contribution in [-0.4, -0.2) is 47.3 Å². The average Bonchev–Trinajstić information content (AvgIpc) is 3.40. The van der Waals surface area contributed by atoms with Crippen LogP contribution in [0.5, 0.6) is 5.75 Å². The summed E-state index contributed by atoms with van der Waals surface area (Å²) in [5, 5.41) is 4.24. The van der Waals surface area contributed by atoms with Gasteiger partial charge in [0.1, 0.15) is 11.9 Å². The first-order chi connectivity index (χ1) is 15.0. The van der Waals surface area contributed by atoms with E-state index in [0.717, 1.165) is 16.8 Å². The number of amides is 1. The molecule has 31 heavy (non-hydrogen) atoms. The van der Waals surface area contributed by atoms with Crippen LogP contribution in [0.4, 0.5) is 0 Å². The lowest BCUT2D eigenvalue weighted by molar-refractivity contribution is 0.0760. The number of fused-ring (bicyclic) bond motifs is 1. The molecule has 1 saturated heterocycles. The van der Waals surface area contributed by atoms with Crippen molar-refractivity contribution >= 4 is 16.5 Å². The fourth-order valence-corrected chi connectivity index (χ4v) is 5.68. The lowest BCUT2D eigenvalue weighted by Gasteiger charge is -2.39. The van der Waals surface area contributed by atoms with E-state index in [1.165, 1.54) is 0 Å². The molecule has 162 valence electrons. The summed E-state index contributed by atoms with van der Waals surface area (Å²) >= 11 is 0. The summed E-state index contributed by atoms with van der Waals surface area (Å²) in [6, 6.07) is 15.6. The van der Waals surface area contributed by atoms with Crippen LogP contribution in [0.25, 0.3) is 5.69 Å². The van der Waals surface area contributed by atoms with Crippen LogP contribution in [0.2, 0.25) is 0 Å². The van der Waals surface area contributed by atoms with Gasteiger partial charge in [-0.2, -0.15) is 15.7 Å². The van der Waals surface area contributed by atoms with Gasteiger partial charge in [-0.25, -0.2) is 4.68 Å². The molecule has 3 heterocycles. The van der Waals surface area contributed by atoms with E-state index >= 15 is 0 Å². The number of hydrogen-bond acceptors (Lipinski definition) is 5. The summed E-state index contributed by atoms with van der Waals surface area (Å²) in [6.07, 6.45) is 4.72. The highest BCUT2D eigenvalue weighted by Gasteiger charge is 2.32. The van der Waals surface area contributed by atoms with Crippen molar-refractivity contribution in [2.24, 2.45) is 0 Å². The molecule has 7 nitrogen and oxygen atoms in total. The molecule has 0 radical (unpaired) electrons. The van der Waals surface area contributed by atoms with E-state index in [2.05, 4.69) is 5.10 Å². The predicted molar refractivity (Wildman–Crippen MR) is 120 cm³/mol. The normalized spacial score (nSPS) is 19.3. The highest BCUT2D eigenvalue weighted by Crippen LogP contribution is 2.45. The van der Waals surface area contributed by atoms with Gasteiger partial charge in [-0.15, -0.1) is 0 Å². The van der Waals surface area contributed by atoms with Crippen LogP contribution < -0.4 is 4.74 Å². The van der Waals surface area contributed by atoms with Crippen molar-refractivity contribution in [3.8, 4) is 11.4 Å². The maximum absolute atomic E-state index is 13.2. The zero-order valence-electron chi connectivity index (χ0n) is 17.1. The van der Waals surface area contributed by atoms with Crippen molar-refractivity contribution in [1.29, 1.82) is 0 Å². The molecule has 2 N–H and O–H groups in total. The second-order valence-electron chi connectivity index (χ2n) is 8.10. The van der Waals surface area contributed by atoms with E-state index in [4.69, 9.17) is 4.74 Å². The molecule has 0 spiro atoms. The van der Waals surface area contributed by atoms with Crippen LogP contribution >= 0.6 is 10.6 Å². The Morgan fingerprint density at radius 3 is 2.55 bits per heavy atom. The van der Waals surface area contributed by atoms with Crippen molar-refractivity contribution < 1.29 is 18.6 Å². The van der Waals surface area contributed by atoms with Crippen molar-refractivity contribution in [1.82, 2.24) is 14.7 Å². The summed E-state index contributed by atoms with van der Waals surface area (Å²) in [6.45, 7) is 1.08. The van der Waals surface area contributed by atoms with E-state index in [9.17, 15) is 13.9 Å². The number of nitrogens with zero attached hydrogens (tertiary/aromatic N) is 3. The van der Waals surface area contributed by atoms with Gasteiger partial charge in [-0.05, 0) is 35.4 Å². The second-order valence-corrected chi connectivity index (χ2v) is 10.5. The predicted octanol–water partition coefficient (Wildman–Crippen LogP) is 4.32. The first kappa shape index (κ1) is 20.1. The lowest BCUT2D eigenvalue weighted by atomic mass is 10.1. The molecular formula is C23H25N3O4S. The van der Waals surface area contributed by atoms with Crippen molar-refractivity contribution in [3.05, 3.63) is 77.6 Å². The second kappa shape index (κ2) is 8.03. The van der Waals surface area contributed by atoms with Crippen LogP contribution in [-0.2, 0) is 13.1 Å². The number of ether oxygens (including phenoxy) is 1. The summed E-state index contributed by atoms with van der Waals surface area (Å²) in [5.74, 6) is 1.30. The Morgan fingerprint density at radius 2 is 1.84 bits per heavy atom. The van der Waals surface area contributed by atoms with Crippen molar-refractivity contribution in [2.45, 2.75) is 32.0 Å². The standard InChI is InChI=1S/C23H25N3O4S/c27-23-22-18(3-1-4-21(22)30-20-9-13-31(28,29)14-10-20)16-25(23)15-17-5-7-19(8-6-17)26-12-2-11-24-26/h1-8,11-12,20,28-29H,9-10,13-16H2. The molecule has 1 aromatic heterocycles. The van der Waals surface area contributed by atoms with Crippen LogP contribution in [0, 0.1) is 0 Å². The Bertz CT molecular complexity index is 1070. The molecule has 0 unspecified atom stereocenters. The average molecular weight is 440 g/mol. The van der Waals surface area contributed by atoms with Gasteiger partial charge in [0, 0.05) is 49.8 Å². The largest absolute Gasteiger partial charge is 0.489 e. The Labute approximate surface area is 182 Å². The number of aromatic nitrogens is 2. The first-order valence-electron chi connectivity index (χ1n) is 10.4. The lowest BCUT2D eigenvalue weighted by Crippen LogP contribution is -2.29. The molecule has 5 rings (SSSR count). The third-order valence-electron chi connectivity index (χ3n) is 5.88. The minimum atomic E-state index is -2.45. The molecule has 2 aliphatic heterocycles.